The van der Waals surface area contributed by atoms with E-state index in [1.165, 1.54) is 24.3 Å². The second-order valence-corrected chi connectivity index (χ2v) is 4.62. The van der Waals surface area contributed by atoms with Crippen LogP contribution < -0.4 is 61.8 Å². The van der Waals surface area contributed by atoms with Crippen LogP contribution in [-0.2, 0) is 0 Å². The molecule has 0 aliphatic heterocycles. The first kappa shape index (κ1) is 18.1. The smallest absolute Gasteiger partial charge is 0.545 e. The number of amides is 1. The van der Waals surface area contributed by atoms with E-state index in [4.69, 9.17) is 0 Å². The van der Waals surface area contributed by atoms with Crippen molar-refractivity contribution in [2.45, 2.75) is 13.8 Å². The molecule has 0 unspecified atom stereocenters. The van der Waals surface area contributed by atoms with Gasteiger partial charge in [-0.25, -0.2) is 0 Å². The second kappa shape index (κ2) is 7.86. The number of anilines is 1. The third-order valence-corrected chi connectivity index (χ3v) is 3.15. The number of carboxylic acid groups (broad SMARTS) is 1. The minimum absolute atomic E-state index is 0. The zero-order valence-electron chi connectivity index (χ0n) is 12.3. The fourth-order valence-electron chi connectivity index (χ4n) is 1.78. The van der Waals surface area contributed by atoms with Gasteiger partial charge in [0, 0.05) is 11.3 Å². The number of nitrogens with one attached hydrogen (secondary N) is 1. The summed E-state index contributed by atoms with van der Waals surface area (Å²) in [6, 6.07) is 11.3. The van der Waals surface area contributed by atoms with Crippen molar-refractivity contribution < 1.29 is 66.1 Å². The van der Waals surface area contributed by atoms with Gasteiger partial charge in [-0.2, -0.15) is 0 Å². The Labute approximate surface area is 166 Å². The molecule has 5 heteroatoms. The Morgan fingerprint density at radius 2 is 1.48 bits per heavy atom. The van der Waals surface area contributed by atoms with Crippen LogP contribution in [0.3, 0.4) is 0 Å². The maximum absolute atomic E-state index is 12.0. The fourth-order valence-corrected chi connectivity index (χ4v) is 1.78. The molecule has 0 fully saturated rings. The van der Waals surface area contributed by atoms with Crippen LogP contribution in [0.25, 0.3) is 0 Å². The number of carbonyl (C=O) groups is 2. The van der Waals surface area contributed by atoms with Gasteiger partial charge >= 0.3 is 51.4 Å². The van der Waals surface area contributed by atoms with Crippen molar-refractivity contribution in [3.63, 3.8) is 0 Å². The minimum Gasteiger partial charge on any atom is -0.545 e. The predicted octanol–water partition coefficient (Wildman–Crippen LogP) is -1.08. The predicted molar refractivity (Wildman–Crippen MR) is 74.6 cm³/mol. The number of carbonyl (C=O) groups excluding carboxylic acids is 2. The first-order valence-electron chi connectivity index (χ1n) is 6.17. The van der Waals surface area contributed by atoms with E-state index in [0.717, 1.165) is 11.1 Å². The molecule has 21 heavy (non-hydrogen) atoms. The fraction of sp³-hybridized carbons (Fsp3) is 0.125. The normalized spacial score (nSPS) is 9.62. The summed E-state index contributed by atoms with van der Waals surface area (Å²) in [5.74, 6) is -1.54. The van der Waals surface area contributed by atoms with Gasteiger partial charge in [-0.3, -0.25) is 4.79 Å². The van der Waals surface area contributed by atoms with E-state index >= 15 is 0 Å². The van der Waals surface area contributed by atoms with E-state index in [9.17, 15) is 14.7 Å². The van der Waals surface area contributed by atoms with E-state index in [1.807, 2.05) is 32.0 Å². The zero-order valence-corrected chi connectivity index (χ0v) is 15.4. The van der Waals surface area contributed by atoms with E-state index in [-0.39, 0.29) is 62.9 Å². The Kier molecular flexibility index (Phi) is 6.77. The number of aromatic carboxylic acids is 1. The molecule has 1 amide bonds. The largest absolute Gasteiger partial charge is 1.00 e. The maximum atomic E-state index is 12.0. The van der Waals surface area contributed by atoms with Crippen LogP contribution in [-0.4, -0.2) is 11.9 Å². The van der Waals surface area contributed by atoms with Crippen LogP contribution >= 0.6 is 0 Å². The third kappa shape index (κ3) is 4.76. The van der Waals surface area contributed by atoms with Gasteiger partial charge in [-0.1, -0.05) is 18.2 Å². The topological polar surface area (TPSA) is 69.2 Å². The Bertz CT molecular complexity index is 666. The molecule has 102 valence electrons. The SMILES string of the molecule is Cc1ccc(NC(=O)c2ccc(C(=O)[O-])cc2)cc1C.[K+]. The van der Waals surface area contributed by atoms with Crippen LogP contribution in [0.4, 0.5) is 5.69 Å². The van der Waals surface area contributed by atoms with Gasteiger partial charge in [0.05, 0.1) is 5.97 Å². The van der Waals surface area contributed by atoms with Crippen LogP contribution in [0.15, 0.2) is 42.5 Å². The molecular weight excluding hydrogens is 293 g/mol. The van der Waals surface area contributed by atoms with Crippen LogP contribution in [0.5, 0.6) is 0 Å². The molecule has 0 aromatic heterocycles. The first-order chi connectivity index (χ1) is 9.47. The standard InChI is InChI=1S/C16H15NO3.K/c1-10-3-8-14(9-11(10)2)17-15(18)12-4-6-13(7-5-12)16(19)20;/h3-9H,1-2H3,(H,17,18)(H,19,20);/q;+1/p-1. The molecular formula is C16H14KNO3. The number of benzene rings is 2. The van der Waals surface area contributed by atoms with Crippen LogP contribution in [0.2, 0.25) is 0 Å². The van der Waals surface area contributed by atoms with Crippen molar-refractivity contribution in [3.05, 3.63) is 64.7 Å². The molecule has 0 saturated heterocycles. The number of rotatable bonds is 3. The summed E-state index contributed by atoms with van der Waals surface area (Å²) in [6.45, 7) is 3.97. The second-order valence-electron chi connectivity index (χ2n) is 4.62. The molecule has 2 aromatic rings. The van der Waals surface area contributed by atoms with Crippen molar-refractivity contribution in [1.29, 1.82) is 0 Å². The Balaban J connectivity index is 0.00000220. The van der Waals surface area contributed by atoms with Gasteiger partial charge in [-0.15, -0.1) is 0 Å². The third-order valence-electron chi connectivity index (χ3n) is 3.15. The van der Waals surface area contributed by atoms with Crippen molar-refractivity contribution in [3.8, 4) is 0 Å². The Morgan fingerprint density at radius 3 is 2.00 bits per heavy atom. The van der Waals surface area contributed by atoms with Gasteiger partial charge in [0.1, 0.15) is 0 Å². The minimum atomic E-state index is -1.26. The first-order valence-corrected chi connectivity index (χ1v) is 6.17. The summed E-state index contributed by atoms with van der Waals surface area (Å²) in [4.78, 5) is 22.6. The van der Waals surface area contributed by atoms with Crippen LogP contribution in [0.1, 0.15) is 31.8 Å². The molecule has 2 aromatic carbocycles. The summed E-state index contributed by atoms with van der Waals surface area (Å²) in [5.41, 5.74) is 3.40. The average Bonchev–Trinajstić information content (AvgIpc) is 2.43. The Hall–Kier alpha value is -0.984. The Morgan fingerprint density at radius 1 is 0.905 bits per heavy atom. The maximum Gasteiger partial charge on any atom is 1.00 e. The molecule has 0 bridgehead atoms. The zero-order chi connectivity index (χ0) is 14.7. The summed E-state index contributed by atoms with van der Waals surface area (Å²) >= 11 is 0. The molecule has 0 saturated carbocycles. The molecule has 1 N–H and O–H groups in total. The number of aryl methyl sites for hydroxylation is 2. The number of carboxylic acids is 1. The van der Waals surface area contributed by atoms with Crippen molar-refractivity contribution >= 4 is 17.6 Å². The van der Waals surface area contributed by atoms with Gasteiger partial charge < -0.3 is 15.2 Å². The molecule has 0 atom stereocenters. The number of hydrogen-bond acceptors (Lipinski definition) is 3. The average molecular weight is 307 g/mol. The summed E-state index contributed by atoms with van der Waals surface area (Å²) < 4.78 is 0. The summed E-state index contributed by atoms with van der Waals surface area (Å²) in [5, 5.41) is 13.4. The molecule has 0 radical (unpaired) electrons. The molecule has 0 spiro atoms. The van der Waals surface area contributed by atoms with E-state index in [1.54, 1.807) is 0 Å². The monoisotopic (exact) mass is 307 g/mol. The van der Waals surface area contributed by atoms with Crippen molar-refractivity contribution in [1.82, 2.24) is 0 Å². The van der Waals surface area contributed by atoms with Gasteiger partial charge in [-0.05, 0) is 54.8 Å². The van der Waals surface area contributed by atoms with Crippen LogP contribution in [0, 0.1) is 13.8 Å². The van der Waals surface area contributed by atoms with Gasteiger partial charge in [0.25, 0.3) is 5.91 Å². The van der Waals surface area contributed by atoms with E-state index < -0.39 is 5.97 Å². The van der Waals surface area contributed by atoms with E-state index in [0.29, 0.717) is 11.3 Å². The molecule has 0 heterocycles. The van der Waals surface area contributed by atoms with Gasteiger partial charge in [0.15, 0.2) is 0 Å². The van der Waals surface area contributed by atoms with Crippen molar-refractivity contribution in [2.75, 3.05) is 5.32 Å². The van der Waals surface area contributed by atoms with E-state index in [2.05, 4.69) is 5.32 Å². The summed E-state index contributed by atoms with van der Waals surface area (Å²) in [6.07, 6.45) is 0. The molecule has 0 aliphatic carbocycles. The molecule has 4 nitrogen and oxygen atoms in total. The summed E-state index contributed by atoms with van der Waals surface area (Å²) in [7, 11) is 0. The molecule has 2 rings (SSSR count). The molecule has 0 aliphatic rings. The van der Waals surface area contributed by atoms with Gasteiger partial charge in [0.2, 0.25) is 0 Å². The quantitative estimate of drug-likeness (QED) is 0.734. The number of hydrogen-bond donors (Lipinski definition) is 1. The van der Waals surface area contributed by atoms with Crippen molar-refractivity contribution in [2.24, 2.45) is 0 Å².